The number of anilines is 2. The summed E-state index contributed by atoms with van der Waals surface area (Å²) in [5.74, 6) is 0.0327. The van der Waals surface area contributed by atoms with Crippen molar-refractivity contribution in [3.8, 4) is 0 Å². The van der Waals surface area contributed by atoms with Crippen LogP contribution in [0.3, 0.4) is 0 Å². The second-order valence-electron chi connectivity index (χ2n) is 5.14. The molecule has 108 valence electrons. The zero-order chi connectivity index (χ0) is 13.2. The minimum Gasteiger partial charge on any atom is -0.326 e. The largest absolute Gasteiger partial charge is 0.326 e. The molecule has 0 aliphatic carbocycles. The van der Waals surface area contributed by atoms with Crippen molar-refractivity contribution in [2.24, 2.45) is 0 Å². The van der Waals surface area contributed by atoms with Crippen molar-refractivity contribution in [3.05, 3.63) is 23.8 Å². The lowest BCUT2D eigenvalue weighted by Crippen LogP contribution is -2.27. The van der Waals surface area contributed by atoms with E-state index in [-0.39, 0.29) is 24.2 Å². The molecular weight excluding hydrogens is 278 g/mol. The van der Waals surface area contributed by atoms with Crippen molar-refractivity contribution in [3.63, 3.8) is 0 Å². The average Bonchev–Trinajstić information content (AvgIpc) is 2.96. The molecule has 1 atom stereocenters. The third-order valence-corrected chi connectivity index (χ3v) is 3.61. The van der Waals surface area contributed by atoms with E-state index in [4.69, 9.17) is 0 Å². The van der Waals surface area contributed by atoms with Gasteiger partial charge in [-0.2, -0.15) is 0 Å². The molecule has 1 aromatic rings. The Morgan fingerprint density at radius 2 is 2.25 bits per heavy atom. The Bertz CT molecular complexity index is 527. The Kier molecular flexibility index (Phi) is 4.62. The number of rotatable bonds is 3. The number of carbonyl (C=O) groups excluding carboxylic acids is 2. The van der Waals surface area contributed by atoms with Crippen LogP contribution in [0.2, 0.25) is 0 Å². The number of fused-ring (bicyclic) bond motifs is 1. The number of hydrogen-bond donors (Lipinski definition) is 3. The summed E-state index contributed by atoms with van der Waals surface area (Å²) < 4.78 is 0. The highest BCUT2D eigenvalue weighted by molar-refractivity contribution is 6.00. The molecule has 2 aliphatic heterocycles. The minimum atomic E-state index is 0. The maximum atomic E-state index is 11.9. The third-order valence-electron chi connectivity index (χ3n) is 3.61. The standard InChI is InChI=1S/C14H17N3O2.ClH/c18-13-7-9-6-11(3-4-12(9)17-13)16-14(19)8-10-2-1-5-15-10;/h3-4,6,10,15H,1-2,5,7-8H2,(H,16,19)(H,17,18);1H. The first-order valence-corrected chi connectivity index (χ1v) is 6.67. The maximum Gasteiger partial charge on any atom is 0.228 e. The first-order valence-electron chi connectivity index (χ1n) is 6.67. The second kappa shape index (κ2) is 6.24. The van der Waals surface area contributed by atoms with E-state index < -0.39 is 0 Å². The van der Waals surface area contributed by atoms with Crippen LogP contribution in [-0.2, 0) is 16.0 Å². The van der Waals surface area contributed by atoms with Crippen LogP contribution in [0, 0.1) is 0 Å². The van der Waals surface area contributed by atoms with Gasteiger partial charge in [0.15, 0.2) is 0 Å². The van der Waals surface area contributed by atoms with E-state index in [0.29, 0.717) is 18.9 Å². The van der Waals surface area contributed by atoms with Gasteiger partial charge in [0, 0.05) is 23.8 Å². The first-order chi connectivity index (χ1) is 9.20. The normalized spacial score (nSPS) is 20.0. The molecule has 0 radical (unpaired) electrons. The summed E-state index contributed by atoms with van der Waals surface area (Å²) in [7, 11) is 0. The number of benzene rings is 1. The highest BCUT2D eigenvalue weighted by Crippen LogP contribution is 2.26. The number of hydrogen-bond acceptors (Lipinski definition) is 3. The maximum absolute atomic E-state index is 11.9. The van der Waals surface area contributed by atoms with Crippen LogP contribution in [-0.4, -0.2) is 24.4 Å². The van der Waals surface area contributed by atoms with E-state index in [2.05, 4.69) is 16.0 Å². The van der Waals surface area contributed by atoms with Crippen LogP contribution < -0.4 is 16.0 Å². The van der Waals surface area contributed by atoms with Crippen LogP contribution in [0.25, 0.3) is 0 Å². The summed E-state index contributed by atoms with van der Waals surface area (Å²) in [6.07, 6.45) is 3.11. The fourth-order valence-electron chi connectivity index (χ4n) is 2.67. The van der Waals surface area contributed by atoms with Gasteiger partial charge in [-0.3, -0.25) is 9.59 Å². The summed E-state index contributed by atoms with van der Waals surface area (Å²) in [4.78, 5) is 23.2. The lowest BCUT2D eigenvalue weighted by Gasteiger charge is -2.11. The molecule has 1 aromatic carbocycles. The molecule has 0 bridgehead atoms. The van der Waals surface area contributed by atoms with E-state index in [1.54, 1.807) is 0 Å². The van der Waals surface area contributed by atoms with Gasteiger partial charge >= 0.3 is 0 Å². The number of nitrogens with one attached hydrogen (secondary N) is 3. The van der Waals surface area contributed by atoms with Gasteiger partial charge in [0.05, 0.1) is 6.42 Å². The van der Waals surface area contributed by atoms with Crippen molar-refractivity contribution >= 4 is 35.6 Å². The van der Waals surface area contributed by atoms with Crippen LogP contribution in [0.15, 0.2) is 18.2 Å². The highest BCUT2D eigenvalue weighted by Gasteiger charge is 2.20. The summed E-state index contributed by atoms with van der Waals surface area (Å²) in [6.45, 7) is 1.00. The van der Waals surface area contributed by atoms with Crippen molar-refractivity contribution in [1.29, 1.82) is 0 Å². The van der Waals surface area contributed by atoms with Crippen molar-refractivity contribution < 1.29 is 9.59 Å². The summed E-state index contributed by atoms with van der Waals surface area (Å²) >= 11 is 0. The minimum absolute atomic E-state index is 0. The SMILES string of the molecule is Cl.O=C(CC1CCCN1)Nc1ccc2c(c1)CC(=O)N2. The molecule has 0 spiro atoms. The molecule has 2 heterocycles. The predicted molar refractivity (Wildman–Crippen MR) is 80.3 cm³/mol. The molecule has 0 aromatic heterocycles. The molecule has 3 N–H and O–H groups in total. The van der Waals surface area contributed by atoms with Crippen molar-refractivity contribution in [1.82, 2.24) is 5.32 Å². The van der Waals surface area contributed by atoms with Gasteiger partial charge in [-0.05, 0) is 43.1 Å². The van der Waals surface area contributed by atoms with E-state index >= 15 is 0 Å². The lowest BCUT2D eigenvalue weighted by molar-refractivity contribution is -0.116. The zero-order valence-corrected chi connectivity index (χ0v) is 11.9. The molecule has 20 heavy (non-hydrogen) atoms. The van der Waals surface area contributed by atoms with Gasteiger partial charge in [-0.25, -0.2) is 0 Å². The molecule has 1 saturated heterocycles. The van der Waals surface area contributed by atoms with Crippen LogP contribution in [0.5, 0.6) is 0 Å². The Morgan fingerprint density at radius 3 is 3.00 bits per heavy atom. The lowest BCUT2D eigenvalue weighted by atomic mass is 10.1. The van der Waals surface area contributed by atoms with E-state index in [1.807, 2.05) is 18.2 Å². The Balaban J connectivity index is 0.00000147. The molecule has 6 heteroatoms. The average molecular weight is 296 g/mol. The van der Waals surface area contributed by atoms with Gasteiger partial charge in [0.25, 0.3) is 0 Å². The number of amides is 2. The third kappa shape index (κ3) is 3.29. The molecule has 1 unspecified atom stereocenters. The number of halogens is 1. The van der Waals surface area contributed by atoms with Crippen LogP contribution in [0.1, 0.15) is 24.8 Å². The van der Waals surface area contributed by atoms with Gasteiger partial charge in [-0.15, -0.1) is 12.4 Å². The Labute approximate surface area is 123 Å². The predicted octanol–water partition coefficient (Wildman–Crippen LogP) is 1.68. The molecule has 5 nitrogen and oxygen atoms in total. The molecule has 3 rings (SSSR count). The molecule has 0 saturated carbocycles. The second-order valence-corrected chi connectivity index (χ2v) is 5.14. The zero-order valence-electron chi connectivity index (χ0n) is 11.1. The number of carbonyl (C=O) groups is 2. The monoisotopic (exact) mass is 295 g/mol. The smallest absolute Gasteiger partial charge is 0.228 e. The summed E-state index contributed by atoms with van der Waals surface area (Å²) in [5, 5.41) is 8.98. The van der Waals surface area contributed by atoms with Gasteiger partial charge in [0.2, 0.25) is 11.8 Å². The van der Waals surface area contributed by atoms with Crippen LogP contribution >= 0.6 is 12.4 Å². The molecule has 2 aliphatic rings. The highest BCUT2D eigenvalue weighted by atomic mass is 35.5. The first kappa shape index (κ1) is 14.8. The van der Waals surface area contributed by atoms with E-state index in [1.165, 1.54) is 0 Å². The van der Waals surface area contributed by atoms with E-state index in [0.717, 1.165) is 36.3 Å². The fourth-order valence-corrected chi connectivity index (χ4v) is 2.67. The summed E-state index contributed by atoms with van der Waals surface area (Å²) in [6, 6.07) is 5.83. The fraction of sp³-hybridized carbons (Fsp3) is 0.429. The van der Waals surface area contributed by atoms with Gasteiger partial charge in [0.1, 0.15) is 0 Å². The van der Waals surface area contributed by atoms with E-state index in [9.17, 15) is 9.59 Å². The van der Waals surface area contributed by atoms with Gasteiger partial charge in [-0.1, -0.05) is 0 Å². The molecule has 1 fully saturated rings. The van der Waals surface area contributed by atoms with Crippen molar-refractivity contribution in [2.45, 2.75) is 31.7 Å². The quantitative estimate of drug-likeness (QED) is 0.795. The Morgan fingerprint density at radius 1 is 1.40 bits per heavy atom. The van der Waals surface area contributed by atoms with Crippen LogP contribution in [0.4, 0.5) is 11.4 Å². The Hall–Kier alpha value is -1.59. The molecular formula is C14H18ClN3O2. The van der Waals surface area contributed by atoms with Crippen molar-refractivity contribution in [2.75, 3.05) is 17.2 Å². The molecule has 2 amide bonds. The van der Waals surface area contributed by atoms with Gasteiger partial charge < -0.3 is 16.0 Å². The summed E-state index contributed by atoms with van der Waals surface area (Å²) in [5.41, 5.74) is 2.56. The topological polar surface area (TPSA) is 70.2 Å².